The molecule has 1 aromatic heterocycles. The Labute approximate surface area is 98.8 Å². The molecule has 9 heteroatoms. The highest BCUT2D eigenvalue weighted by Crippen LogP contribution is 2.27. The number of pyridine rings is 1. The molecule has 0 aliphatic carbocycles. The van der Waals surface area contributed by atoms with E-state index in [0.29, 0.717) is 6.07 Å². The number of anilines is 1. The molecule has 0 aromatic carbocycles. The smallest absolute Gasteiger partial charge is 0.433 e. The van der Waals surface area contributed by atoms with Crippen LogP contribution < -0.4 is 10.6 Å². The number of alkyl halides is 3. The minimum Gasteiger partial charge on any atom is -0.480 e. The lowest BCUT2D eigenvalue weighted by molar-refractivity contribution is -0.141. The second-order valence-electron chi connectivity index (χ2n) is 3.13. The summed E-state index contributed by atoms with van der Waals surface area (Å²) in [7, 11) is 0. The highest BCUT2D eigenvalue weighted by Gasteiger charge is 2.32. The molecule has 0 unspecified atom stereocenters. The molecule has 1 rings (SSSR count). The lowest BCUT2D eigenvalue weighted by atomic mass is 10.3. The van der Waals surface area contributed by atoms with Crippen LogP contribution in [0.5, 0.6) is 0 Å². The molecule has 0 aliphatic heterocycles. The quantitative estimate of drug-likeness (QED) is 0.766. The zero-order valence-corrected chi connectivity index (χ0v) is 8.78. The molecular weight excluding hydrogens is 255 g/mol. The number of amides is 2. The lowest BCUT2D eigenvalue weighted by Crippen LogP contribution is -2.33. The molecule has 0 saturated heterocycles. The molecule has 1 aromatic rings. The molecule has 98 valence electrons. The SMILES string of the molecule is O=C(O)CNC(=O)Nc1ccc(C(F)(F)F)nc1. The van der Waals surface area contributed by atoms with E-state index >= 15 is 0 Å². The van der Waals surface area contributed by atoms with Gasteiger partial charge in [-0.15, -0.1) is 0 Å². The summed E-state index contributed by atoms with van der Waals surface area (Å²) in [6.07, 6.45) is -3.73. The maximum absolute atomic E-state index is 12.2. The fraction of sp³-hybridized carbons (Fsp3) is 0.222. The van der Waals surface area contributed by atoms with Crippen molar-refractivity contribution in [2.75, 3.05) is 11.9 Å². The third-order valence-corrected chi connectivity index (χ3v) is 1.71. The lowest BCUT2D eigenvalue weighted by Gasteiger charge is -2.08. The second kappa shape index (κ2) is 5.34. The number of nitrogens with one attached hydrogen (secondary N) is 2. The van der Waals surface area contributed by atoms with Gasteiger partial charge in [-0.1, -0.05) is 0 Å². The summed E-state index contributed by atoms with van der Waals surface area (Å²) in [5.41, 5.74) is -1.06. The molecule has 0 fully saturated rings. The van der Waals surface area contributed by atoms with Gasteiger partial charge < -0.3 is 15.7 Å². The highest BCUT2D eigenvalue weighted by molar-refractivity contribution is 5.90. The fourth-order valence-electron chi connectivity index (χ4n) is 0.967. The summed E-state index contributed by atoms with van der Waals surface area (Å²) >= 11 is 0. The molecule has 0 radical (unpaired) electrons. The first-order chi connectivity index (χ1) is 8.29. The zero-order valence-electron chi connectivity index (χ0n) is 8.78. The van der Waals surface area contributed by atoms with Gasteiger partial charge in [0.15, 0.2) is 0 Å². The molecule has 0 saturated carbocycles. The maximum Gasteiger partial charge on any atom is 0.433 e. The van der Waals surface area contributed by atoms with E-state index in [1.165, 1.54) is 0 Å². The molecular formula is C9H8F3N3O3. The van der Waals surface area contributed by atoms with E-state index in [2.05, 4.69) is 10.3 Å². The number of urea groups is 1. The molecule has 0 spiro atoms. The predicted molar refractivity (Wildman–Crippen MR) is 53.9 cm³/mol. The highest BCUT2D eigenvalue weighted by atomic mass is 19.4. The van der Waals surface area contributed by atoms with Crippen molar-refractivity contribution in [1.82, 2.24) is 10.3 Å². The monoisotopic (exact) mass is 263 g/mol. The van der Waals surface area contributed by atoms with Crippen LogP contribution >= 0.6 is 0 Å². The molecule has 0 bridgehead atoms. The van der Waals surface area contributed by atoms with Crippen LogP contribution in [0.4, 0.5) is 23.7 Å². The number of nitrogens with zero attached hydrogens (tertiary/aromatic N) is 1. The van der Waals surface area contributed by atoms with Crippen LogP contribution in [0.15, 0.2) is 18.3 Å². The average molecular weight is 263 g/mol. The summed E-state index contributed by atoms with van der Waals surface area (Å²) in [5.74, 6) is -1.24. The first-order valence-electron chi connectivity index (χ1n) is 4.59. The van der Waals surface area contributed by atoms with Crippen molar-refractivity contribution < 1.29 is 27.9 Å². The van der Waals surface area contributed by atoms with Gasteiger partial charge in [-0.05, 0) is 12.1 Å². The van der Waals surface area contributed by atoms with Crippen molar-refractivity contribution in [3.8, 4) is 0 Å². The van der Waals surface area contributed by atoms with Gasteiger partial charge in [-0.3, -0.25) is 4.79 Å². The van der Waals surface area contributed by atoms with Gasteiger partial charge in [0.25, 0.3) is 0 Å². The Morgan fingerprint density at radius 2 is 2.00 bits per heavy atom. The van der Waals surface area contributed by atoms with Crippen LogP contribution in [0.3, 0.4) is 0 Å². The third-order valence-electron chi connectivity index (χ3n) is 1.71. The summed E-state index contributed by atoms with van der Waals surface area (Å²) in [4.78, 5) is 24.3. The number of hydrogen-bond acceptors (Lipinski definition) is 3. The van der Waals surface area contributed by atoms with Crippen LogP contribution in [-0.2, 0) is 11.0 Å². The summed E-state index contributed by atoms with van der Waals surface area (Å²) in [5, 5.41) is 12.4. The second-order valence-corrected chi connectivity index (χ2v) is 3.13. The van der Waals surface area contributed by atoms with Crippen LogP contribution in [0, 0.1) is 0 Å². The van der Waals surface area contributed by atoms with Crippen molar-refractivity contribution >= 4 is 17.7 Å². The minimum absolute atomic E-state index is 0.0193. The van der Waals surface area contributed by atoms with Gasteiger partial charge in [0.05, 0.1) is 11.9 Å². The van der Waals surface area contributed by atoms with E-state index in [4.69, 9.17) is 5.11 Å². The standard InChI is InChI=1S/C9H8F3N3O3/c10-9(11,12)6-2-1-5(3-13-6)15-8(18)14-4-7(16)17/h1-3H,4H2,(H,16,17)(H2,14,15,18). The first-order valence-corrected chi connectivity index (χ1v) is 4.59. The van der Waals surface area contributed by atoms with Crippen molar-refractivity contribution in [2.45, 2.75) is 6.18 Å². The van der Waals surface area contributed by atoms with E-state index in [9.17, 15) is 22.8 Å². The van der Waals surface area contributed by atoms with E-state index in [1.54, 1.807) is 0 Å². The molecule has 2 amide bonds. The number of carboxylic acids is 1. The number of carbonyl (C=O) groups is 2. The van der Waals surface area contributed by atoms with Crippen molar-refractivity contribution in [2.24, 2.45) is 0 Å². The Morgan fingerprint density at radius 1 is 1.33 bits per heavy atom. The van der Waals surface area contributed by atoms with E-state index in [1.807, 2.05) is 5.32 Å². The van der Waals surface area contributed by atoms with Gasteiger partial charge in [-0.25, -0.2) is 9.78 Å². The number of hydrogen-bond donors (Lipinski definition) is 3. The molecule has 6 nitrogen and oxygen atoms in total. The van der Waals surface area contributed by atoms with Crippen LogP contribution in [0.2, 0.25) is 0 Å². The van der Waals surface area contributed by atoms with Crippen LogP contribution in [0.1, 0.15) is 5.69 Å². The van der Waals surface area contributed by atoms with Crippen LogP contribution in [0.25, 0.3) is 0 Å². The summed E-state index contributed by atoms with van der Waals surface area (Å²) in [6.45, 7) is -0.597. The number of carboxylic acid groups (broad SMARTS) is 1. The van der Waals surface area contributed by atoms with Crippen molar-refractivity contribution in [3.63, 3.8) is 0 Å². The number of aliphatic carboxylic acids is 1. The van der Waals surface area contributed by atoms with Crippen molar-refractivity contribution in [3.05, 3.63) is 24.0 Å². The van der Waals surface area contributed by atoms with Gasteiger partial charge in [0.1, 0.15) is 12.2 Å². The first kappa shape index (κ1) is 13.7. The van der Waals surface area contributed by atoms with Crippen LogP contribution in [-0.4, -0.2) is 28.6 Å². The topological polar surface area (TPSA) is 91.3 Å². The molecule has 0 aliphatic rings. The third kappa shape index (κ3) is 4.28. The van der Waals surface area contributed by atoms with Gasteiger partial charge in [0.2, 0.25) is 0 Å². The molecule has 0 atom stereocenters. The largest absolute Gasteiger partial charge is 0.480 e. The van der Waals surface area contributed by atoms with E-state index in [-0.39, 0.29) is 5.69 Å². The van der Waals surface area contributed by atoms with Crippen molar-refractivity contribution in [1.29, 1.82) is 0 Å². The predicted octanol–water partition coefficient (Wildman–Crippen LogP) is 1.31. The Hall–Kier alpha value is -2.32. The van der Waals surface area contributed by atoms with Gasteiger partial charge in [0, 0.05) is 0 Å². The maximum atomic E-state index is 12.2. The number of rotatable bonds is 3. The molecule has 18 heavy (non-hydrogen) atoms. The number of aromatic nitrogens is 1. The molecule has 3 N–H and O–H groups in total. The fourth-order valence-corrected chi connectivity index (χ4v) is 0.967. The Kier molecular flexibility index (Phi) is 4.08. The minimum atomic E-state index is -4.55. The van der Waals surface area contributed by atoms with Gasteiger partial charge in [-0.2, -0.15) is 13.2 Å². The van der Waals surface area contributed by atoms with E-state index in [0.717, 1.165) is 12.3 Å². The zero-order chi connectivity index (χ0) is 13.8. The summed E-state index contributed by atoms with van der Waals surface area (Å²) in [6, 6.07) is 0.863. The normalized spacial score (nSPS) is 10.8. The molecule has 1 heterocycles. The van der Waals surface area contributed by atoms with E-state index < -0.39 is 30.4 Å². The van der Waals surface area contributed by atoms with Gasteiger partial charge >= 0.3 is 18.2 Å². The Bertz CT molecular complexity index is 445. The number of halogens is 3. The summed E-state index contributed by atoms with van der Waals surface area (Å²) < 4.78 is 36.5. The Balaban J connectivity index is 2.59. The average Bonchev–Trinajstić information content (AvgIpc) is 2.26. The Morgan fingerprint density at radius 3 is 2.44 bits per heavy atom. The number of carbonyl (C=O) groups excluding carboxylic acids is 1.